The van der Waals surface area contributed by atoms with Gasteiger partial charge in [-0.3, -0.25) is 5.26 Å². The Morgan fingerprint density at radius 3 is 2.13 bits per heavy atom. The molecule has 0 spiro atoms. The summed E-state index contributed by atoms with van der Waals surface area (Å²) in [5.41, 5.74) is 2.05. The predicted molar refractivity (Wildman–Crippen MR) is 87.8 cm³/mol. The third-order valence-electron chi connectivity index (χ3n) is 5.20. The molecule has 2 fully saturated rings. The zero-order valence-electron chi connectivity index (χ0n) is 14.1. The number of benzene rings is 1. The van der Waals surface area contributed by atoms with E-state index in [1.165, 1.54) is 12.8 Å². The summed E-state index contributed by atoms with van der Waals surface area (Å²) in [7, 11) is 0. The van der Waals surface area contributed by atoms with Crippen molar-refractivity contribution >= 4 is 0 Å². The van der Waals surface area contributed by atoms with Crippen molar-refractivity contribution < 1.29 is 19.6 Å². The Labute approximate surface area is 138 Å². The summed E-state index contributed by atoms with van der Waals surface area (Å²) in [6, 6.07) is 8.10. The Morgan fingerprint density at radius 1 is 0.957 bits per heavy atom. The first-order chi connectivity index (χ1) is 11.2. The molecule has 0 aromatic heterocycles. The van der Waals surface area contributed by atoms with Crippen LogP contribution >= 0.6 is 0 Å². The summed E-state index contributed by atoms with van der Waals surface area (Å²) in [6.07, 6.45) is 4.14. The first kappa shape index (κ1) is 16.9. The second kappa shape index (κ2) is 7.75. The van der Waals surface area contributed by atoms with Crippen molar-refractivity contribution in [3.05, 3.63) is 35.4 Å². The van der Waals surface area contributed by atoms with Crippen LogP contribution in [0.4, 0.5) is 0 Å². The minimum absolute atomic E-state index is 0.232. The van der Waals surface area contributed by atoms with Gasteiger partial charge in [0.05, 0.1) is 13.2 Å². The van der Waals surface area contributed by atoms with Gasteiger partial charge in [0.1, 0.15) is 6.10 Å². The van der Waals surface area contributed by atoms with Crippen LogP contribution in [0.3, 0.4) is 0 Å². The first-order valence-corrected chi connectivity index (χ1v) is 8.80. The second-order valence-corrected chi connectivity index (χ2v) is 7.32. The van der Waals surface area contributed by atoms with E-state index in [-0.39, 0.29) is 12.4 Å². The molecule has 4 nitrogen and oxygen atoms in total. The molecule has 1 aromatic rings. The lowest BCUT2D eigenvalue weighted by Crippen LogP contribution is -2.25. The molecule has 128 valence electrons. The molecule has 23 heavy (non-hydrogen) atoms. The molecular weight excluding hydrogens is 292 g/mol. The highest BCUT2D eigenvalue weighted by molar-refractivity contribution is 5.25. The average Bonchev–Trinajstić information content (AvgIpc) is 2.59. The van der Waals surface area contributed by atoms with E-state index in [9.17, 15) is 5.26 Å². The van der Waals surface area contributed by atoms with Crippen LogP contribution in [0.5, 0.6) is 0 Å². The number of rotatable bonds is 4. The molecule has 3 rings (SSSR count). The van der Waals surface area contributed by atoms with E-state index >= 15 is 0 Å². The van der Waals surface area contributed by atoms with Crippen LogP contribution in [0, 0.1) is 17.8 Å². The van der Waals surface area contributed by atoms with Gasteiger partial charge in [0.15, 0.2) is 6.29 Å². The minimum atomic E-state index is -0.274. The standard InChI is InChI=1S/C19H28O4/c1-13-3-5-15(6-4-13)18(23-20)16-7-9-17(10-8-16)19-21-11-14(2)12-22-19/h7-10,13-15,18-20H,3-6,11-12H2,1-2H3. The number of hydrogen-bond donors (Lipinski definition) is 1. The molecule has 1 saturated heterocycles. The quantitative estimate of drug-likeness (QED) is 0.644. The zero-order valence-corrected chi connectivity index (χ0v) is 14.1. The van der Waals surface area contributed by atoms with Gasteiger partial charge in [-0.1, -0.05) is 51.0 Å². The van der Waals surface area contributed by atoms with Crippen LogP contribution in [0.15, 0.2) is 24.3 Å². The Hall–Kier alpha value is -0.940. The topological polar surface area (TPSA) is 47.9 Å². The number of ether oxygens (including phenoxy) is 2. The Morgan fingerprint density at radius 2 is 1.57 bits per heavy atom. The molecule has 0 bridgehead atoms. The summed E-state index contributed by atoms with van der Waals surface area (Å²) < 4.78 is 11.5. The van der Waals surface area contributed by atoms with Crippen LogP contribution in [-0.2, 0) is 14.4 Å². The molecule has 1 aliphatic carbocycles. The van der Waals surface area contributed by atoms with Crippen LogP contribution < -0.4 is 0 Å². The summed E-state index contributed by atoms with van der Waals surface area (Å²) in [4.78, 5) is 4.85. The molecule has 0 amide bonds. The lowest BCUT2D eigenvalue weighted by Gasteiger charge is -2.31. The van der Waals surface area contributed by atoms with Crippen molar-refractivity contribution in [3.8, 4) is 0 Å². The van der Waals surface area contributed by atoms with Gasteiger partial charge in [-0.25, -0.2) is 4.89 Å². The molecule has 0 radical (unpaired) electrons. The maximum absolute atomic E-state index is 9.40. The zero-order chi connectivity index (χ0) is 16.2. The van der Waals surface area contributed by atoms with Gasteiger partial charge in [0.2, 0.25) is 0 Å². The maximum atomic E-state index is 9.40. The molecular formula is C19H28O4. The van der Waals surface area contributed by atoms with E-state index in [0.717, 1.165) is 43.1 Å². The summed E-state index contributed by atoms with van der Waals surface area (Å²) in [5, 5.41) is 9.40. The van der Waals surface area contributed by atoms with E-state index in [1.807, 2.05) is 24.3 Å². The lowest BCUT2D eigenvalue weighted by atomic mass is 9.78. The molecule has 1 aromatic carbocycles. The second-order valence-electron chi connectivity index (χ2n) is 7.32. The van der Waals surface area contributed by atoms with Gasteiger partial charge in [-0.05, 0) is 30.2 Å². The molecule has 1 aliphatic heterocycles. The van der Waals surface area contributed by atoms with Crippen molar-refractivity contribution in [3.63, 3.8) is 0 Å². The normalized spacial score (nSPS) is 33.3. The van der Waals surface area contributed by atoms with Crippen molar-refractivity contribution in [1.82, 2.24) is 0 Å². The number of hydrogen-bond acceptors (Lipinski definition) is 4. The van der Waals surface area contributed by atoms with Gasteiger partial charge in [-0.2, -0.15) is 0 Å². The average molecular weight is 320 g/mol. The molecule has 1 unspecified atom stereocenters. The van der Waals surface area contributed by atoms with Crippen LogP contribution in [0.2, 0.25) is 0 Å². The van der Waals surface area contributed by atoms with Crippen LogP contribution in [-0.4, -0.2) is 18.5 Å². The van der Waals surface area contributed by atoms with Gasteiger partial charge in [-0.15, -0.1) is 0 Å². The molecule has 1 N–H and O–H groups in total. The third kappa shape index (κ3) is 4.13. The Balaban J connectivity index is 1.65. The molecule has 2 aliphatic rings. The Bertz CT molecular complexity index is 471. The fourth-order valence-electron chi connectivity index (χ4n) is 3.64. The van der Waals surface area contributed by atoms with Crippen LogP contribution in [0.1, 0.15) is 63.1 Å². The SMILES string of the molecule is CC1CCC(C(OO)c2ccc(C3OCC(C)CO3)cc2)CC1. The monoisotopic (exact) mass is 320 g/mol. The van der Waals surface area contributed by atoms with E-state index in [4.69, 9.17) is 14.4 Å². The molecule has 1 atom stereocenters. The fourth-order valence-corrected chi connectivity index (χ4v) is 3.64. The summed E-state index contributed by atoms with van der Waals surface area (Å²) in [5.74, 6) is 1.63. The van der Waals surface area contributed by atoms with Gasteiger partial charge in [0, 0.05) is 11.5 Å². The first-order valence-electron chi connectivity index (χ1n) is 8.80. The lowest BCUT2D eigenvalue weighted by molar-refractivity contribution is -0.296. The Kier molecular flexibility index (Phi) is 5.70. The van der Waals surface area contributed by atoms with Crippen molar-refractivity contribution in [1.29, 1.82) is 0 Å². The largest absolute Gasteiger partial charge is 0.348 e. The van der Waals surface area contributed by atoms with Crippen molar-refractivity contribution in [2.45, 2.75) is 51.9 Å². The predicted octanol–water partition coefficient (Wildman–Crippen LogP) is 4.73. The fraction of sp³-hybridized carbons (Fsp3) is 0.684. The van der Waals surface area contributed by atoms with Gasteiger partial charge in [0.25, 0.3) is 0 Å². The highest BCUT2D eigenvalue weighted by Gasteiger charge is 2.29. The van der Waals surface area contributed by atoms with Crippen LogP contribution in [0.25, 0.3) is 0 Å². The molecule has 4 heteroatoms. The smallest absolute Gasteiger partial charge is 0.183 e. The molecule has 1 heterocycles. The minimum Gasteiger partial charge on any atom is -0.348 e. The van der Waals surface area contributed by atoms with E-state index < -0.39 is 0 Å². The molecule has 1 saturated carbocycles. The van der Waals surface area contributed by atoms with E-state index in [2.05, 4.69) is 13.8 Å². The van der Waals surface area contributed by atoms with Gasteiger partial charge < -0.3 is 9.47 Å². The highest BCUT2D eigenvalue weighted by Crippen LogP contribution is 2.38. The van der Waals surface area contributed by atoms with Crippen molar-refractivity contribution in [2.75, 3.05) is 13.2 Å². The van der Waals surface area contributed by atoms with Crippen molar-refractivity contribution in [2.24, 2.45) is 17.8 Å². The maximum Gasteiger partial charge on any atom is 0.183 e. The van der Waals surface area contributed by atoms with Gasteiger partial charge >= 0.3 is 0 Å². The third-order valence-corrected chi connectivity index (χ3v) is 5.20. The van der Waals surface area contributed by atoms with E-state index in [1.54, 1.807) is 0 Å². The van der Waals surface area contributed by atoms with E-state index in [0.29, 0.717) is 11.8 Å². The summed E-state index contributed by atoms with van der Waals surface area (Å²) >= 11 is 0. The summed E-state index contributed by atoms with van der Waals surface area (Å²) in [6.45, 7) is 5.88. The highest BCUT2D eigenvalue weighted by atomic mass is 17.1.